The molecule has 1 aromatic carbocycles. The van der Waals surface area contributed by atoms with Crippen LogP contribution in [0.4, 0.5) is 4.79 Å². The summed E-state index contributed by atoms with van der Waals surface area (Å²) in [7, 11) is -3.90. The normalized spacial score (nSPS) is 16.7. The van der Waals surface area contributed by atoms with Crippen LogP contribution >= 0.6 is 0 Å². The predicted octanol–water partition coefficient (Wildman–Crippen LogP) is 2.63. The molecule has 1 unspecified atom stereocenters. The second kappa shape index (κ2) is 10.8. The van der Waals surface area contributed by atoms with Gasteiger partial charge in [0, 0.05) is 36.2 Å². The Morgan fingerprint density at radius 2 is 2.00 bits per heavy atom. The maximum atomic E-state index is 13.5. The van der Waals surface area contributed by atoms with Crippen molar-refractivity contribution in [2.75, 3.05) is 26.2 Å². The number of esters is 1. The molecule has 3 N–H and O–H groups in total. The number of sulfonamides is 1. The number of H-pyrrole nitrogens is 2. The van der Waals surface area contributed by atoms with E-state index in [4.69, 9.17) is 14.2 Å². The molecular weight excluding hydrogens is 516 g/mol. The van der Waals surface area contributed by atoms with Crippen molar-refractivity contribution in [1.82, 2.24) is 19.6 Å². The number of rotatable bonds is 8. The van der Waals surface area contributed by atoms with Gasteiger partial charge in [-0.05, 0) is 51.8 Å². The lowest BCUT2D eigenvalue weighted by molar-refractivity contribution is -0.153. The number of benzene rings is 1. The summed E-state index contributed by atoms with van der Waals surface area (Å²) < 4.78 is 43.9. The van der Waals surface area contributed by atoms with Crippen LogP contribution in [0.1, 0.15) is 40.5 Å². The van der Waals surface area contributed by atoms with E-state index in [2.05, 4.69) is 15.3 Å². The Kier molecular flexibility index (Phi) is 7.81. The van der Waals surface area contributed by atoms with E-state index in [1.165, 1.54) is 28.7 Å². The number of hydrogen-bond acceptors (Lipinski definition) is 9. The van der Waals surface area contributed by atoms with Crippen LogP contribution in [0, 0.1) is 0 Å². The average molecular weight is 549 g/mol. The molecule has 3 heterocycles. The van der Waals surface area contributed by atoms with E-state index in [0.29, 0.717) is 23.7 Å². The maximum Gasteiger partial charge on any atom is 0.513 e. The summed E-state index contributed by atoms with van der Waals surface area (Å²) in [5.41, 5.74) is -0.530. The highest BCUT2D eigenvalue weighted by Gasteiger charge is 2.33. The Bertz CT molecular complexity index is 1520. The molecule has 0 saturated carbocycles. The van der Waals surface area contributed by atoms with Gasteiger partial charge in [-0.1, -0.05) is 6.92 Å². The van der Waals surface area contributed by atoms with Gasteiger partial charge in [-0.2, -0.15) is 4.31 Å². The number of aromatic amines is 2. The minimum Gasteiger partial charge on any atom is -0.459 e. The molecule has 0 spiro atoms. The van der Waals surface area contributed by atoms with Crippen molar-refractivity contribution >= 4 is 44.0 Å². The summed E-state index contributed by atoms with van der Waals surface area (Å²) >= 11 is 0. The van der Waals surface area contributed by atoms with Crippen LogP contribution in [0.15, 0.2) is 34.1 Å². The zero-order chi connectivity index (χ0) is 27.7. The summed E-state index contributed by atoms with van der Waals surface area (Å²) in [6, 6.07) is 4.16. The van der Waals surface area contributed by atoms with Crippen molar-refractivity contribution in [2.24, 2.45) is 0 Å². The topological polar surface area (TPSA) is 160 Å². The third-order valence-corrected chi connectivity index (χ3v) is 7.80. The van der Waals surface area contributed by atoms with Crippen LogP contribution in [-0.4, -0.2) is 72.7 Å². The summed E-state index contributed by atoms with van der Waals surface area (Å²) in [5, 5.41) is 3.73. The van der Waals surface area contributed by atoms with E-state index in [1.54, 1.807) is 20.8 Å². The van der Waals surface area contributed by atoms with Gasteiger partial charge in [0.05, 0.1) is 23.4 Å². The van der Waals surface area contributed by atoms with Crippen molar-refractivity contribution in [3.8, 4) is 5.75 Å². The molecule has 1 fully saturated rings. The first-order valence-corrected chi connectivity index (χ1v) is 13.8. The van der Waals surface area contributed by atoms with Crippen molar-refractivity contribution < 1.29 is 32.2 Å². The second-order valence-electron chi connectivity index (χ2n) is 10.1. The van der Waals surface area contributed by atoms with Crippen molar-refractivity contribution in [1.29, 1.82) is 0 Å². The molecule has 1 atom stereocenters. The molecule has 0 bridgehead atoms. The molecule has 4 rings (SSSR count). The minimum absolute atomic E-state index is 0.0197. The van der Waals surface area contributed by atoms with E-state index in [9.17, 15) is 22.8 Å². The first-order valence-electron chi connectivity index (χ1n) is 12.4. The van der Waals surface area contributed by atoms with Crippen LogP contribution in [0.2, 0.25) is 0 Å². The Morgan fingerprint density at radius 1 is 1.24 bits per heavy atom. The molecule has 2 aromatic heterocycles. The number of aromatic nitrogens is 2. The molecule has 1 aliphatic rings. The van der Waals surface area contributed by atoms with Gasteiger partial charge >= 0.3 is 12.1 Å². The molecule has 13 heteroatoms. The van der Waals surface area contributed by atoms with Gasteiger partial charge in [-0.25, -0.2) is 13.2 Å². The standard InChI is InChI=1S/C25H32N4O8S/c1-5-10-35-24(32)36-19-12-27-22-21(19)17-11-16(6-7-18(17)28-23(22)31)38(33,34)29-9-8-15(14-29)26-13-20(30)37-25(2,3)4/h6-7,11-12,15,26-27H,5,8-10,13-14H2,1-4H3,(H,28,31). The van der Waals surface area contributed by atoms with E-state index in [1.807, 2.05) is 6.92 Å². The molecule has 0 amide bonds. The van der Waals surface area contributed by atoms with Gasteiger partial charge in [-0.15, -0.1) is 0 Å². The first kappa shape index (κ1) is 27.6. The molecule has 3 aromatic rings. The Hall–Kier alpha value is -3.42. The third-order valence-electron chi connectivity index (χ3n) is 5.94. The maximum absolute atomic E-state index is 13.5. The monoisotopic (exact) mass is 548 g/mol. The number of hydrogen-bond donors (Lipinski definition) is 3. The summed E-state index contributed by atoms with van der Waals surface area (Å²) in [5.74, 6) is -0.353. The van der Waals surface area contributed by atoms with Crippen molar-refractivity contribution in [3.05, 3.63) is 34.7 Å². The highest BCUT2D eigenvalue weighted by molar-refractivity contribution is 7.89. The van der Waals surface area contributed by atoms with E-state index in [0.717, 1.165) is 0 Å². The van der Waals surface area contributed by atoms with Crippen LogP contribution in [0.25, 0.3) is 21.8 Å². The average Bonchev–Trinajstić information content (AvgIpc) is 3.49. The number of fused-ring (bicyclic) bond motifs is 3. The van der Waals surface area contributed by atoms with Crippen LogP contribution in [0.3, 0.4) is 0 Å². The van der Waals surface area contributed by atoms with E-state index in [-0.39, 0.29) is 53.8 Å². The minimum atomic E-state index is -3.90. The van der Waals surface area contributed by atoms with Gasteiger partial charge < -0.3 is 29.5 Å². The van der Waals surface area contributed by atoms with Crippen LogP contribution < -0.4 is 15.6 Å². The van der Waals surface area contributed by atoms with Crippen molar-refractivity contribution in [3.63, 3.8) is 0 Å². The van der Waals surface area contributed by atoms with E-state index < -0.39 is 33.3 Å². The molecular formula is C25H32N4O8S. The largest absolute Gasteiger partial charge is 0.513 e. The SMILES string of the molecule is CCCOC(=O)Oc1c[nH]c2c(=O)[nH]c3ccc(S(=O)(=O)N4CCC(NCC(=O)OC(C)(C)C)C4)cc3c12. The smallest absolute Gasteiger partial charge is 0.459 e. The van der Waals surface area contributed by atoms with Gasteiger partial charge in [0.1, 0.15) is 11.1 Å². The highest BCUT2D eigenvalue weighted by Crippen LogP contribution is 2.33. The number of nitrogens with one attached hydrogen (secondary N) is 3. The summed E-state index contributed by atoms with van der Waals surface area (Å²) in [6.07, 6.45) is 1.57. The lowest BCUT2D eigenvalue weighted by Crippen LogP contribution is -2.39. The van der Waals surface area contributed by atoms with Crippen LogP contribution in [-0.2, 0) is 24.3 Å². The quantitative estimate of drug-likeness (QED) is 0.360. The van der Waals surface area contributed by atoms with Gasteiger partial charge in [0.25, 0.3) is 5.56 Å². The van der Waals surface area contributed by atoms with Gasteiger partial charge in [-0.3, -0.25) is 9.59 Å². The summed E-state index contributed by atoms with van der Waals surface area (Å²) in [6.45, 7) is 7.80. The number of carbonyl (C=O) groups excluding carboxylic acids is 2. The molecule has 206 valence electrons. The number of pyridine rings is 1. The fourth-order valence-electron chi connectivity index (χ4n) is 4.29. The number of nitrogens with zero attached hydrogens (tertiary/aromatic N) is 1. The fourth-order valence-corrected chi connectivity index (χ4v) is 5.82. The number of carbonyl (C=O) groups is 2. The number of ether oxygens (including phenoxy) is 3. The fraction of sp³-hybridized carbons (Fsp3) is 0.480. The van der Waals surface area contributed by atoms with Crippen LogP contribution in [0.5, 0.6) is 5.75 Å². The molecule has 12 nitrogen and oxygen atoms in total. The summed E-state index contributed by atoms with van der Waals surface area (Å²) in [4.78, 5) is 42.1. The zero-order valence-electron chi connectivity index (χ0n) is 21.8. The Morgan fingerprint density at radius 3 is 2.71 bits per heavy atom. The van der Waals surface area contributed by atoms with E-state index >= 15 is 0 Å². The third kappa shape index (κ3) is 6.00. The first-order chi connectivity index (χ1) is 17.9. The lowest BCUT2D eigenvalue weighted by Gasteiger charge is -2.21. The zero-order valence-corrected chi connectivity index (χ0v) is 22.6. The molecule has 1 saturated heterocycles. The van der Waals surface area contributed by atoms with Gasteiger partial charge in [0.15, 0.2) is 5.75 Å². The molecule has 0 radical (unpaired) electrons. The second-order valence-corrected chi connectivity index (χ2v) is 12.0. The van der Waals surface area contributed by atoms with Gasteiger partial charge in [0.2, 0.25) is 10.0 Å². The Labute approximate surface area is 219 Å². The molecule has 38 heavy (non-hydrogen) atoms. The highest BCUT2D eigenvalue weighted by atomic mass is 32.2. The van der Waals surface area contributed by atoms with Crippen molar-refractivity contribution in [2.45, 2.75) is 57.1 Å². The Balaban J connectivity index is 1.58. The molecule has 1 aliphatic heterocycles. The molecule has 0 aliphatic carbocycles. The predicted molar refractivity (Wildman–Crippen MR) is 140 cm³/mol. The lowest BCUT2D eigenvalue weighted by atomic mass is 10.1.